The third-order valence-corrected chi connectivity index (χ3v) is 2.95. The van der Waals surface area contributed by atoms with Crippen molar-refractivity contribution in [1.82, 2.24) is 15.3 Å². The molecule has 0 aliphatic carbocycles. The van der Waals surface area contributed by atoms with E-state index in [0.29, 0.717) is 31.2 Å². The van der Waals surface area contributed by atoms with Gasteiger partial charge in [-0.3, -0.25) is 4.79 Å². The largest absolute Gasteiger partial charge is 0.497 e. The zero-order chi connectivity index (χ0) is 15.1. The fourth-order valence-electron chi connectivity index (χ4n) is 1.87. The molecular formula is C15H19N3O3. The van der Waals surface area contributed by atoms with Crippen LogP contribution in [0.2, 0.25) is 0 Å². The molecular weight excluding hydrogens is 270 g/mol. The number of aromatic nitrogens is 2. The number of nitrogens with one attached hydrogen (secondary N) is 2. The van der Waals surface area contributed by atoms with Crippen molar-refractivity contribution in [2.24, 2.45) is 0 Å². The highest BCUT2D eigenvalue weighted by molar-refractivity contribution is 5.56. The lowest BCUT2D eigenvalue weighted by Crippen LogP contribution is -2.21. The van der Waals surface area contributed by atoms with Crippen LogP contribution in [-0.4, -0.2) is 37.3 Å². The molecule has 1 aromatic heterocycles. The second-order valence-corrected chi connectivity index (χ2v) is 4.48. The molecule has 0 saturated carbocycles. The van der Waals surface area contributed by atoms with E-state index in [1.165, 1.54) is 6.07 Å². The Hall–Kier alpha value is -2.18. The van der Waals surface area contributed by atoms with Crippen LogP contribution in [0.3, 0.4) is 0 Å². The van der Waals surface area contributed by atoms with Gasteiger partial charge >= 0.3 is 0 Å². The highest BCUT2D eigenvalue weighted by atomic mass is 16.5. The van der Waals surface area contributed by atoms with Gasteiger partial charge in [-0.25, -0.2) is 4.98 Å². The predicted octanol–water partition coefficient (Wildman–Crippen LogP) is 1.18. The average molecular weight is 289 g/mol. The second-order valence-electron chi connectivity index (χ2n) is 4.48. The van der Waals surface area contributed by atoms with Gasteiger partial charge in [0.15, 0.2) is 0 Å². The molecule has 0 atom stereocenters. The van der Waals surface area contributed by atoms with Gasteiger partial charge in [0.2, 0.25) is 0 Å². The van der Waals surface area contributed by atoms with Crippen LogP contribution >= 0.6 is 0 Å². The van der Waals surface area contributed by atoms with E-state index < -0.39 is 0 Å². The van der Waals surface area contributed by atoms with Gasteiger partial charge in [-0.1, -0.05) is 0 Å². The summed E-state index contributed by atoms with van der Waals surface area (Å²) in [6, 6.07) is 8.88. The third-order valence-electron chi connectivity index (χ3n) is 2.95. The van der Waals surface area contributed by atoms with Crippen molar-refractivity contribution >= 4 is 0 Å². The predicted molar refractivity (Wildman–Crippen MR) is 80.4 cm³/mol. The number of H-pyrrole nitrogens is 1. The Bertz CT molecular complexity index is 623. The average Bonchev–Trinajstić information content (AvgIpc) is 2.51. The molecule has 0 fully saturated rings. The first kappa shape index (κ1) is 15.2. The zero-order valence-corrected chi connectivity index (χ0v) is 12.2. The molecule has 2 N–H and O–H groups in total. The monoisotopic (exact) mass is 289 g/mol. The SMILES string of the molecule is COCCNCc1cc(=O)[nH]c(-c2ccc(OC)cc2)n1. The highest BCUT2D eigenvalue weighted by Crippen LogP contribution is 2.18. The Morgan fingerprint density at radius 3 is 2.67 bits per heavy atom. The second kappa shape index (κ2) is 7.56. The molecule has 0 spiro atoms. The van der Waals surface area contributed by atoms with Crippen molar-refractivity contribution in [3.63, 3.8) is 0 Å². The van der Waals surface area contributed by atoms with Crippen molar-refractivity contribution in [1.29, 1.82) is 0 Å². The van der Waals surface area contributed by atoms with E-state index in [-0.39, 0.29) is 5.56 Å². The highest BCUT2D eigenvalue weighted by Gasteiger charge is 2.04. The third kappa shape index (κ3) is 4.40. The molecule has 2 aromatic rings. The first-order valence-electron chi connectivity index (χ1n) is 6.67. The fourth-order valence-corrected chi connectivity index (χ4v) is 1.87. The smallest absolute Gasteiger partial charge is 0.251 e. The van der Waals surface area contributed by atoms with Crippen LogP contribution < -0.4 is 15.6 Å². The molecule has 0 amide bonds. The van der Waals surface area contributed by atoms with Crippen LogP contribution in [0, 0.1) is 0 Å². The molecule has 112 valence electrons. The van der Waals surface area contributed by atoms with Gasteiger partial charge in [-0.2, -0.15) is 0 Å². The topological polar surface area (TPSA) is 76.2 Å². The first-order chi connectivity index (χ1) is 10.2. The number of methoxy groups -OCH3 is 2. The number of hydrogen-bond donors (Lipinski definition) is 2. The normalized spacial score (nSPS) is 10.6. The maximum absolute atomic E-state index is 11.7. The zero-order valence-electron chi connectivity index (χ0n) is 12.2. The van der Waals surface area contributed by atoms with E-state index in [2.05, 4.69) is 15.3 Å². The Morgan fingerprint density at radius 1 is 1.24 bits per heavy atom. The van der Waals surface area contributed by atoms with Crippen molar-refractivity contribution < 1.29 is 9.47 Å². The maximum atomic E-state index is 11.7. The number of hydrogen-bond acceptors (Lipinski definition) is 5. The molecule has 0 saturated heterocycles. The molecule has 0 bridgehead atoms. The molecule has 6 heteroatoms. The van der Waals surface area contributed by atoms with E-state index in [9.17, 15) is 4.79 Å². The minimum Gasteiger partial charge on any atom is -0.497 e. The lowest BCUT2D eigenvalue weighted by Gasteiger charge is -2.06. The van der Waals surface area contributed by atoms with Crippen molar-refractivity contribution in [3.8, 4) is 17.1 Å². The van der Waals surface area contributed by atoms with Gasteiger partial charge in [0.05, 0.1) is 19.4 Å². The summed E-state index contributed by atoms with van der Waals surface area (Å²) in [6.45, 7) is 1.85. The number of aromatic amines is 1. The molecule has 0 unspecified atom stereocenters. The molecule has 21 heavy (non-hydrogen) atoms. The summed E-state index contributed by atoms with van der Waals surface area (Å²) in [4.78, 5) is 18.9. The summed E-state index contributed by atoms with van der Waals surface area (Å²) in [5.41, 5.74) is 1.37. The van der Waals surface area contributed by atoms with Crippen molar-refractivity contribution in [2.45, 2.75) is 6.54 Å². The standard InChI is InChI=1S/C15H19N3O3/c1-20-8-7-16-10-12-9-14(19)18-15(17-12)11-3-5-13(21-2)6-4-11/h3-6,9,16H,7-8,10H2,1-2H3,(H,17,18,19). The molecule has 0 aliphatic rings. The molecule has 6 nitrogen and oxygen atoms in total. The minimum atomic E-state index is -0.167. The van der Waals surface area contributed by atoms with Gasteiger partial charge in [0.25, 0.3) is 5.56 Å². The fraction of sp³-hybridized carbons (Fsp3) is 0.333. The number of nitrogens with zero attached hydrogens (tertiary/aromatic N) is 1. The van der Waals surface area contributed by atoms with E-state index in [1.807, 2.05) is 24.3 Å². The lowest BCUT2D eigenvalue weighted by atomic mass is 10.2. The maximum Gasteiger partial charge on any atom is 0.251 e. The van der Waals surface area contributed by atoms with Crippen LogP contribution in [0.25, 0.3) is 11.4 Å². The van der Waals surface area contributed by atoms with Gasteiger partial charge < -0.3 is 19.8 Å². The van der Waals surface area contributed by atoms with Crippen LogP contribution in [-0.2, 0) is 11.3 Å². The Balaban J connectivity index is 2.15. The van der Waals surface area contributed by atoms with Gasteiger partial charge in [0, 0.05) is 31.8 Å². The van der Waals surface area contributed by atoms with Crippen LogP contribution in [0.4, 0.5) is 0 Å². The van der Waals surface area contributed by atoms with Gasteiger partial charge in [0.1, 0.15) is 11.6 Å². The number of benzene rings is 1. The van der Waals surface area contributed by atoms with Crippen molar-refractivity contribution in [2.75, 3.05) is 27.4 Å². The Labute approximate surface area is 123 Å². The first-order valence-corrected chi connectivity index (χ1v) is 6.67. The summed E-state index contributed by atoms with van der Waals surface area (Å²) in [7, 11) is 3.26. The van der Waals surface area contributed by atoms with E-state index in [0.717, 1.165) is 11.3 Å². The lowest BCUT2D eigenvalue weighted by molar-refractivity contribution is 0.199. The van der Waals surface area contributed by atoms with Crippen LogP contribution in [0.1, 0.15) is 5.69 Å². The molecule has 0 aliphatic heterocycles. The molecule has 0 radical (unpaired) electrons. The number of rotatable bonds is 7. The van der Waals surface area contributed by atoms with Gasteiger partial charge in [-0.15, -0.1) is 0 Å². The number of ether oxygens (including phenoxy) is 2. The Kier molecular flexibility index (Phi) is 5.48. The summed E-state index contributed by atoms with van der Waals surface area (Å²) in [6.07, 6.45) is 0. The summed E-state index contributed by atoms with van der Waals surface area (Å²) in [5, 5.41) is 3.17. The summed E-state index contributed by atoms with van der Waals surface area (Å²) < 4.78 is 10.1. The molecule has 2 rings (SSSR count). The summed E-state index contributed by atoms with van der Waals surface area (Å²) in [5.74, 6) is 1.31. The van der Waals surface area contributed by atoms with E-state index >= 15 is 0 Å². The Morgan fingerprint density at radius 2 is 2.00 bits per heavy atom. The van der Waals surface area contributed by atoms with Crippen LogP contribution in [0.15, 0.2) is 35.1 Å². The molecule has 1 heterocycles. The van der Waals surface area contributed by atoms with E-state index in [4.69, 9.17) is 9.47 Å². The quantitative estimate of drug-likeness (QED) is 0.749. The minimum absolute atomic E-state index is 0.167. The van der Waals surface area contributed by atoms with Gasteiger partial charge in [-0.05, 0) is 24.3 Å². The van der Waals surface area contributed by atoms with Crippen LogP contribution in [0.5, 0.6) is 5.75 Å². The van der Waals surface area contributed by atoms with Crippen molar-refractivity contribution in [3.05, 3.63) is 46.4 Å². The molecule has 1 aromatic carbocycles. The summed E-state index contributed by atoms with van der Waals surface area (Å²) >= 11 is 0. The van der Waals surface area contributed by atoms with E-state index in [1.54, 1.807) is 14.2 Å².